The van der Waals surface area contributed by atoms with Crippen LogP contribution in [0.15, 0.2) is 36.4 Å². The van der Waals surface area contributed by atoms with Crippen molar-refractivity contribution in [3.8, 4) is 17.2 Å². The molecular formula is C22H23F2N3O4S. The molecule has 2 aliphatic heterocycles. The van der Waals surface area contributed by atoms with Crippen molar-refractivity contribution in [2.75, 3.05) is 39.2 Å². The summed E-state index contributed by atoms with van der Waals surface area (Å²) >= 11 is 5.54. The van der Waals surface area contributed by atoms with Crippen LogP contribution in [0.5, 0.6) is 17.2 Å². The Morgan fingerprint density at radius 3 is 2.50 bits per heavy atom. The van der Waals surface area contributed by atoms with E-state index < -0.39 is 6.61 Å². The van der Waals surface area contributed by atoms with Gasteiger partial charge in [-0.05, 0) is 66.2 Å². The Morgan fingerprint density at radius 2 is 1.84 bits per heavy atom. The fraction of sp³-hybridized carbons (Fsp3) is 0.364. The summed E-state index contributed by atoms with van der Waals surface area (Å²) in [5.41, 5.74) is 2.75. The van der Waals surface area contributed by atoms with Crippen LogP contribution in [0.3, 0.4) is 0 Å². The van der Waals surface area contributed by atoms with Crippen molar-refractivity contribution >= 4 is 28.9 Å². The van der Waals surface area contributed by atoms with Gasteiger partial charge in [-0.25, -0.2) is 0 Å². The van der Waals surface area contributed by atoms with Gasteiger partial charge in [-0.2, -0.15) is 8.78 Å². The minimum atomic E-state index is -2.88. The van der Waals surface area contributed by atoms with Crippen LogP contribution < -0.4 is 19.5 Å². The molecule has 10 heteroatoms. The second-order valence-corrected chi connectivity index (χ2v) is 7.86. The number of hydrogen-bond acceptors (Lipinski definition) is 5. The van der Waals surface area contributed by atoms with E-state index in [1.165, 1.54) is 12.1 Å². The number of anilines is 1. The summed E-state index contributed by atoms with van der Waals surface area (Å²) in [4.78, 5) is 16.6. The Balaban J connectivity index is 1.52. The van der Waals surface area contributed by atoms with Crippen LogP contribution in [-0.2, 0) is 11.2 Å². The number of ether oxygens (including phenoxy) is 3. The summed E-state index contributed by atoms with van der Waals surface area (Å²) in [6, 6.07) is 9.77. The van der Waals surface area contributed by atoms with E-state index in [0.29, 0.717) is 35.4 Å². The smallest absolute Gasteiger partial charge is 0.387 e. The summed E-state index contributed by atoms with van der Waals surface area (Å²) in [5.74, 6) is 1.33. The van der Waals surface area contributed by atoms with Crippen LogP contribution in [0.25, 0.3) is 0 Å². The van der Waals surface area contributed by atoms with Gasteiger partial charge in [0, 0.05) is 18.8 Å². The molecule has 2 aromatic carbocycles. The zero-order chi connectivity index (χ0) is 22.8. The first-order chi connectivity index (χ1) is 15.4. The van der Waals surface area contributed by atoms with Crippen LogP contribution >= 0.6 is 12.2 Å². The maximum atomic E-state index is 12.9. The summed E-state index contributed by atoms with van der Waals surface area (Å²) in [5, 5.41) is 3.45. The Morgan fingerprint density at radius 1 is 1.16 bits per heavy atom. The van der Waals surface area contributed by atoms with E-state index in [2.05, 4.69) is 10.1 Å². The standard InChI is InChI=1S/C22H23F2N3O4S/c1-29-18-9-13-7-8-27-17(16(13)10-19(18)30-2)11-26(12-20(27)28)22(32)25-14-3-5-15(6-4-14)31-21(23)24/h3-6,9-10,17,21H,7-8,11-12H2,1-2H3,(H,25,32)/t17-/m0/s1. The average Bonchev–Trinajstić information content (AvgIpc) is 2.78. The molecule has 32 heavy (non-hydrogen) atoms. The first kappa shape index (κ1) is 22.1. The highest BCUT2D eigenvalue weighted by Crippen LogP contribution is 2.39. The third-order valence-corrected chi connectivity index (χ3v) is 6.02. The molecule has 0 aromatic heterocycles. The zero-order valence-electron chi connectivity index (χ0n) is 17.6. The molecule has 1 fully saturated rings. The van der Waals surface area contributed by atoms with Gasteiger partial charge >= 0.3 is 6.61 Å². The van der Waals surface area contributed by atoms with Gasteiger partial charge in [0.2, 0.25) is 5.91 Å². The number of halogens is 2. The molecule has 7 nitrogen and oxygen atoms in total. The van der Waals surface area contributed by atoms with Crippen molar-refractivity contribution in [1.82, 2.24) is 9.80 Å². The largest absolute Gasteiger partial charge is 0.493 e. The number of nitrogens with zero attached hydrogens (tertiary/aromatic N) is 2. The predicted molar refractivity (Wildman–Crippen MR) is 119 cm³/mol. The molecule has 1 amide bonds. The number of nitrogens with one attached hydrogen (secondary N) is 1. The number of amides is 1. The van der Waals surface area contributed by atoms with Crippen molar-refractivity contribution in [1.29, 1.82) is 0 Å². The monoisotopic (exact) mass is 463 g/mol. The minimum Gasteiger partial charge on any atom is -0.493 e. The third-order valence-electron chi connectivity index (χ3n) is 5.66. The third kappa shape index (κ3) is 4.40. The van der Waals surface area contributed by atoms with Crippen LogP contribution in [0.4, 0.5) is 14.5 Å². The van der Waals surface area contributed by atoms with Gasteiger partial charge in [-0.3, -0.25) is 4.79 Å². The topological polar surface area (TPSA) is 63.3 Å². The number of piperazine rings is 1. The van der Waals surface area contributed by atoms with Gasteiger partial charge in [0.1, 0.15) is 5.75 Å². The number of carbonyl (C=O) groups is 1. The minimum absolute atomic E-state index is 0.00786. The summed E-state index contributed by atoms with van der Waals surface area (Å²) in [6.45, 7) is -1.57. The molecule has 2 heterocycles. The highest BCUT2D eigenvalue weighted by atomic mass is 32.1. The number of alkyl halides is 2. The number of fused-ring (bicyclic) bond motifs is 3. The molecule has 0 bridgehead atoms. The first-order valence-corrected chi connectivity index (χ1v) is 10.5. The molecule has 0 spiro atoms. The lowest BCUT2D eigenvalue weighted by Gasteiger charge is -2.45. The average molecular weight is 464 g/mol. The molecule has 0 unspecified atom stereocenters. The van der Waals surface area contributed by atoms with Gasteiger partial charge < -0.3 is 29.3 Å². The Kier molecular flexibility index (Phi) is 6.31. The number of rotatable bonds is 5. The maximum absolute atomic E-state index is 12.9. The van der Waals surface area contributed by atoms with E-state index in [-0.39, 0.29) is 24.2 Å². The van der Waals surface area contributed by atoms with E-state index in [4.69, 9.17) is 21.7 Å². The maximum Gasteiger partial charge on any atom is 0.387 e. The van der Waals surface area contributed by atoms with Crippen molar-refractivity contribution in [3.05, 3.63) is 47.5 Å². The Hall–Kier alpha value is -3.14. The van der Waals surface area contributed by atoms with Crippen molar-refractivity contribution in [3.63, 3.8) is 0 Å². The molecule has 0 aliphatic carbocycles. The van der Waals surface area contributed by atoms with Crippen LogP contribution in [-0.4, -0.2) is 61.3 Å². The van der Waals surface area contributed by atoms with E-state index in [0.717, 1.165) is 17.5 Å². The molecule has 0 saturated carbocycles. The molecular weight excluding hydrogens is 440 g/mol. The second kappa shape index (κ2) is 9.15. The second-order valence-electron chi connectivity index (χ2n) is 7.47. The lowest BCUT2D eigenvalue weighted by atomic mass is 9.90. The van der Waals surface area contributed by atoms with Gasteiger partial charge in [0.05, 0.1) is 26.8 Å². The van der Waals surface area contributed by atoms with Crippen molar-refractivity contribution in [2.24, 2.45) is 0 Å². The number of benzene rings is 2. The van der Waals surface area contributed by atoms with Crippen molar-refractivity contribution in [2.45, 2.75) is 19.1 Å². The number of thiocarbonyl (C=S) groups is 1. The summed E-state index contributed by atoms with van der Waals surface area (Å²) in [7, 11) is 3.18. The fourth-order valence-electron chi connectivity index (χ4n) is 4.13. The normalized spacial score (nSPS) is 17.5. The lowest BCUT2D eigenvalue weighted by Crippen LogP contribution is -2.56. The molecule has 1 atom stereocenters. The summed E-state index contributed by atoms with van der Waals surface area (Å²) < 4.78 is 39.9. The highest BCUT2D eigenvalue weighted by Gasteiger charge is 2.38. The van der Waals surface area contributed by atoms with Gasteiger partial charge in [-0.15, -0.1) is 0 Å². The lowest BCUT2D eigenvalue weighted by molar-refractivity contribution is -0.138. The van der Waals surface area contributed by atoms with Gasteiger partial charge in [0.15, 0.2) is 16.6 Å². The molecule has 1 N–H and O–H groups in total. The first-order valence-electron chi connectivity index (χ1n) is 10.0. The number of methoxy groups -OCH3 is 2. The molecule has 4 rings (SSSR count). The van der Waals surface area contributed by atoms with Gasteiger partial charge in [-0.1, -0.05) is 0 Å². The SMILES string of the molecule is COc1cc2c(cc1OC)[C@@H]1CN(C(=S)Nc3ccc(OC(F)F)cc3)CC(=O)N1CC2. The highest BCUT2D eigenvalue weighted by molar-refractivity contribution is 7.80. The Labute approximate surface area is 189 Å². The number of hydrogen-bond donors (Lipinski definition) is 1. The molecule has 2 aliphatic rings. The zero-order valence-corrected chi connectivity index (χ0v) is 18.5. The van der Waals surface area contributed by atoms with E-state index in [1.807, 2.05) is 21.9 Å². The molecule has 2 aromatic rings. The fourth-order valence-corrected chi connectivity index (χ4v) is 4.38. The van der Waals surface area contributed by atoms with E-state index >= 15 is 0 Å². The summed E-state index contributed by atoms with van der Waals surface area (Å²) in [6.07, 6.45) is 0.744. The molecule has 170 valence electrons. The molecule has 0 radical (unpaired) electrons. The van der Waals surface area contributed by atoms with E-state index in [9.17, 15) is 13.6 Å². The Bertz CT molecular complexity index is 1020. The van der Waals surface area contributed by atoms with Crippen LogP contribution in [0.2, 0.25) is 0 Å². The van der Waals surface area contributed by atoms with Crippen LogP contribution in [0, 0.1) is 0 Å². The number of carbonyl (C=O) groups excluding carboxylic acids is 1. The van der Waals surface area contributed by atoms with E-state index in [1.54, 1.807) is 26.4 Å². The van der Waals surface area contributed by atoms with Crippen molar-refractivity contribution < 1.29 is 27.8 Å². The quantitative estimate of drug-likeness (QED) is 0.682. The molecule has 1 saturated heterocycles. The van der Waals surface area contributed by atoms with Gasteiger partial charge in [0.25, 0.3) is 0 Å². The predicted octanol–water partition coefficient (Wildman–Crippen LogP) is 3.44. The van der Waals surface area contributed by atoms with Crippen LogP contribution in [0.1, 0.15) is 17.2 Å².